The van der Waals surface area contributed by atoms with Gasteiger partial charge in [0, 0.05) is 26.8 Å². The average molecular weight is 486 g/mol. The normalized spacial score (nSPS) is 12.2. The van der Waals surface area contributed by atoms with E-state index in [0.717, 1.165) is 0 Å². The van der Waals surface area contributed by atoms with Gasteiger partial charge in [-0.1, -0.05) is 12.2 Å². The lowest BCUT2D eigenvalue weighted by molar-refractivity contribution is -0.151. The molecule has 0 rings (SSSR count). The first-order chi connectivity index (χ1) is 15.5. The molecule has 0 aromatic carbocycles. The van der Waals surface area contributed by atoms with Crippen molar-refractivity contribution in [3.05, 3.63) is 0 Å². The molecule has 0 saturated carbocycles. The van der Waals surface area contributed by atoms with E-state index in [1.54, 1.807) is 13.8 Å². The molecule has 0 fully saturated rings. The summed E-state index contributed by atoms with van der Waals surface area (Å²) in [5, 5.41) is 17.7. The van der Waals surface area contributed by atoms with E-state index in [0.29, 0.717) is 32.0 Å². The van der Waals surface area contributed by atoms with Gasteiger partial charge in [-0.25, -0.2) is 4.79 Å². The SMILES string of the molecule is CC(=O)NCCCC[C@H](NC(=S)CNC(C)=O)C(=O)N[C@@H](CCC(=O)C=N)C(=O)OC(C)C. The number of hydrogen-bond donors (Lipinski definition) is 5. The Balaban J connectivity index is 5.25. The Labute approximate surface area is 199 Å². The third kappa shape index (κ3) is 15.5. The summed E-state index contributed by atoms with van der Waals surface area (Å²) in [5.41, 5.74) is 0. The molecule has 33 heavy (non-hydrogen) atoms. The fraction of sp³-hybridized carbons (Fsp3) is 0.667. The number of thiocarbonyl (C=S) groups is 1. The third-order valence-electron chi connectivity index (χ3n) is 4.24. The van der Waals surface area contributed by atoms with E-state index in [-0.39, 0.29) is 36.2 Å². The summed E-state index contributed by atoms with van der Waals surface area (Å²) in [7, 11) is 0. The first-order valence-corrected chi connectivity index (χ1v) is 11.2. The molecule has 186 valence electrons. The van der Waals surface area contributed by atoms with Crippen molar-refractivity contribution in [2.75, 3.05) is 13.1 Å². The molecule has 3 amide bonds. The minimum atomic E-state index is -1.07. The van der Waals surface area contributed by atoms with E-state index in [1.807, 2.05) is 0 Å². The summed E-state index contributed by atoms with van der Waals surface area (Å²) in [5.74, 6) is -2.10. The maximum absolute atomic E-state index is 13.0. The largest absolute Gasteiger partial charge is 0.461 e. The molecule has 2 atom stereocenters. The highest BCUT2D eigenvalue weighted by molar-refractivity contribution is 7.80. The molecular weight excluding hydrogens is 450 g/mol. The minimum absolute atomic E-state index is 0.0168. The summed E-state index contributed by atoms with van der Waals surface area (Å²) in [6.45, 7) is 6.59. The highest BCUT2D eigenvalue weighted by Crippen LogP contribution is 2.07. The van der Waals surface area contributed by atoms with E-state index in [2.05, 4.69) is 21.3 Å². The number of carbonyl (C=O) groups is 5. The highest BCUT2D eigenvalue weighted by atomic mass is 32.1. The maximum Gasteiger partial charge on any atom is 0.328 e. The average Bonchev–Trinajstić information content (AvgIpc) is 2.72. The Morgan fingerprint density at radius 1 is 0.939 bits per heavy atom. The number of amides is 3. The number of Topliss-reactive ketones (excluding diaryl/α,β-unsaturated/α-hetero) is 1. The molecule has 0 saturated heterocycles. The Hall–Kier alpha value is -2.89. The van der Waals surface area contributed by atoms with Crippen LogP contribution in [0.1, 0.15) is 59.8 Å². The van der Waals surface area contributed by atoms with Crippen LogP contribution in [0.25, 0.3) is 0 Å². The van der Waals surface area contributed by atoms with Gasteiger partial charge in [0.25, 0.3) is 0 Å². The summed E-state index contributed by atoms with van der Waals surface area (Å²) in [6, 6.07) is -1.88. The molecule has 0 aromatic rings. The Kier molecular flexibility index (Phi) is 15.2. The number of ether oxygens (including phenoxy) is 1. The molecule has 0 spiro atoms. The number of esters is 1. The molecule has 0 radical (unpaired) electrons. The monoisotopic (exact) mass is 485 g/mol. The Bertz CT molecular complexity index is 728. The maximum atomic E-state index is 13.0. The Morgan fingerprint density at radius 2 is 1.58 bits per heavy atom. The highest BCUT2D eigenvalue weighted by Gasteiger charge is 2.28. The van der Waals surface area contributed by atoms with Crippen molar-refractivity contribution < 1.29 is 28.7 Å². The van der Waals surface area contributed by atoms with Crippen LogP contribution in [-0.2, 0) is 28.7 Å². The van der Waals surface area contributed by atoms with Gasteiger partial charge in [-0.15, -0.1) is 0 Å². The van der Waals surface area contributed by atoms with Gasteiger partial charge in [0.05, 0.1) is 23.9 Å². The summed E-state index contributed by atoms with van der Waals surface area (Å²) in [6.07, 6.45) is 1.67. The second kappa shape index (κ2) is 16.7. The lowest BCUT2D eigenvalue weighted by Crippen LogP contribution is -2.53. The van der Waals surface area contributed by atoms with Crippen molar-refractivity contribution >= 4 is 52.9 Å². The van der Waals surface area contributed by atoms with Gasteiger partial charge in [0.1, 0.15) is 12.1 Å². The van der Waals surface area contributed by atoms with Crippen LogP contribution in [0.4, 0.5) is 0 Å². The van der Waals surface area contributed by atoms with E-state index in [9.17, 15) is 24.0 Å². The van der Waals surface area contributed by atoms with Gasteiger partial charge in [-0.3, -0.25) is 19.2 Å². The first-order valence-electron chi connectivity index (χ1n) is 10.8. The number of nitrogens with one attached hydrogen (secondary N) is 5. The van der Waals surface area contributed by atoms with Crippen molar-refractivity contribution in [2.24, 2.45) is 0 Å². The van der Waals surface area contributed by atoms with Gasteiger partial charge in [-0.05, 0) is 39.5 Å². The number of hydrogen-bond acceptors (Lipinski definition) is 8. The predicted molar refractivity (Wildman–Crippen MR) is 127 cm³/mol. The molecule has 0 heterocycles. The zero-order chi connectivity index (χ0) is 25.4. The summed E-state index contributed by atoms with van der Waals surface area (Å²) in [4.78, 5) is 59.3. The minimum Gasteiger partial charge on any atom is -0.461 e. The molecule has 0 unspecified atom stereocenters. The fourth-order valence-corrected chi connectivity index (χ4v) is 2.87. The van der Waals surface area contributed by atoms with Crippen LogP contribution in [0.3, 0.4) is 0 Å². The number of unbranched alkanes of at least 4 members (excludes halogenated alkanes) is 1. The van der Waals surface area contributed by atoms with Crippen molar-refractivity contribution in [3.8, 4) is 0 Å². The van der Waals surface area contributed by atoms with Gasteiger partial charge in [0.15, 0.2) is 5.78 Å². The zero-order valence-electron chi connectivity index (χ0n) is 19.6. The molecular formula is C21H35N5O6S. The van der Waals surface area contributed by atoms with Crippen molar-refractivity contribution in [1.29, 1.82) is 5.41 Å². The molecule has 5 N–H and O–H groups in total. The van der Waals surface area contributed by atoms with Gasteiger partial charge < -0.3 is 31.4 Å². The van der Waals surface area contributed by atoms with Gasteiger partial charge >= 0.3 is 5.97 Å². The van der Waals surface area contributed by atoms with Crippen LogP contribution in [0, 0.1) is 5.41 Å². The van der Waals surface area contributed by atoms with Crippen molar-refractivity contribution in [1.82, 2.24) is 21.3 Å². The zero-order valence-corrected chi connectivity index (χ0v) is 20.4. The molecule has 0 aliphatic heterocycles. The molecule has 0 aliphatic rings. The van der Waals surface area contributed by atoms with E-state index in [1.165, 1.54) is 13.8 Å². The van der Waals surface area contributed by atoms with Crippen LogP contribution in [-0.4, -0.2) is 72.0 Å². The van der Waals surface area contributed by atoms with Crippen LogP contribution in [0.15, 0.2) is 0 Å². The van der Waals surface area contributed by atoms with Gasteiger partial charge in [-0.2, -0.15) is 0 Å². The van der Waals surface area contributed by atoms with E-state index < -0.39 is 35.8 Å². The van der Waals surface area contributed by atoms with Crippen LogP contribution in [0.2, 0.25) is 0 Å². The number of ketones is 1. The van der Waals surface area contributed by atoms with Crippen LogP contribution < -0.4 is 21.3 Å². The molecule has 0 aliphatic carbocycles. The molecule has 12 heteroatoms. The molecule has 0 aromatic heterocycles. The van der Waals surface area contributed by atoms with Gasteiger partial charge in [0.2, 0.25) is 17.7 Å². The third-order valence-corrected chi connectivity index (χ3v) is 4.50. The first kappa shape index (κ1) is 30.1. The molecule has 0 bridgehead atoms. The second-order valence-corrected chi connectivity index (χ2v) is 8.20. The van der Waals surface area contributed by atoms with Crippen LogP contribution >= 0.6 is 12.2 Å². The Morgan fingerprint density at radius 3 is 2.12 bits per heavy atom. The topological polar surface area (TPSA) is 167 Å². The van der Waals surface area contributed by atoms with Crippen molar-refractivity contribution in [2.45, 2.75) is 78.0 Å². The van der Waals surface area contributed by atoms with Crippen molar-refractivity contribution in [3.63, 3.8) is 0 Å². The smallest absolute Gasteiger partial charge is 0.328 e. The number of carbonyl (C=O) groups excluding carboxylic acids is 5. The van der Waals surface area contributed by atoms with E-state index in [4.69, 9.17) is 22.4 Å². The standard InChI is InChI=1S/C21H35N5O6S/c1-13(2)32-21(31)18(9-8-16(29)11-22)26-20(30)17(7-5-6-10-23-14(3)27)25-19(33)12-24-15(4)28/h11,13,17-18,22H,5-10,12H2,1-4H3,(H,23,27)(H,24,28)(H,25,33)(H,26,30)/t17-,18-/m0/s1. The lowest BCUT2D eigenvalue weighted by atomic mass is 10.1. The summed E-state index contributed by atoms with van der Waals surface area (Å²) >= 11 is 5.20. The fourth-order valence-electron chi connectivity index (χ4n) is 2.65. The molecule has 11 nitrogen and oxygen atoms in total. The van der Waals surface area contributed by atoms with E-state index >= 15 is 0 Å². The lowest BCUT2D eigenvalue weighted by Gasteiger charge is -2.24. The quantitative estimate of drug-likeness (QED) is 0.0891. The van der Waals surface area contributed by atoms with Crippen LogP contribution in [0.5, 0.6) is 0 Å². The second-order valence-electron chi connectivity index (χ2n) is 7.70. The summed E-state index contributed by atoms with van der Waals surface area (Å²) < 4.78 is 5.18. The predicted octanol–water partition coefficient (Wildman–Crippen LogP) is 0.150. The number of rotatable bonds is 16.